The molecule has 7 N–H and O–H groups in total. The highest BCUT2D eigenvalue weighted by molar-refractivity contribution is 5.94. The Morgan fingerprint density at radius 1 is 0.821 bits per heavy atom. The van der Waals surface area contributed by atoms with E-state index >= 15 is 0 Å². The van der Waals surface area contributed by atoms with Crippen LogP contribution in [0, 0.1) is 11.8 Å². The number of carbonyl (C=O) groups excluding carboxylic acids is 3. The van der Waals surface area contributed by atoms with Gasteiger partial charge in [-0.1, -0.05) is 27.7 Å². The number of amides is 3. The number of carbonyl (C=O) groups is 4. The molecule has 28 heavy (non-hydrogen) atoms. The summed E-state index contributed by atoms with van der Waals surface area (Å²) in [5.74, 6) is -3.55. The summed E-state index contributed by atoms with van der Waals surface area (Å²) in [6, 6.07) is -4.32. The predicted molar refractivity (Wildman–Crippen MR) is 103 cm³/mol. The van der Waals surface area contributed by atoms with Crippen LogP contribution in [-0.2, 0) is 19.2 Å². The van der Waals surface area contributed by atoms with Crippen molar-refractivity contribution in [3.05, 3.63) is 0 Å². The number of aliphatic hydroxyl groups excluding tert-OH is 1. The Balaban J connectivity index is 5.38. The molecule has 0 spiro atoms. The zero-order chi connectivity index (χ0) is 22.2. The zero-order valence-corrected chi connectivity index (χ0v) is 17.4. The fourth-order valence-corrected chi connectivity index (χ4v) is 2.42. The lowest BCUT2D eigenvalue weighted by atomic mass is 10.00. The molecule has 0 radical (unpaired) electrons. The number of hydrogen-bond acceptors (Lipinski definition) is 6. The van der Waals surface area contributed by atoms with Crippen LogP contribution >= 0.6 is 0 Å². The van der Waals surface area contributed by atoms with Crippen molar-refractivity contribution in [1.29, 1.82) is 0 Å². The van der Waals surface area contributed by atoms with Crippen molar-refractivity contribution >= 4 is 23.7 Å². The number of aliphatic hydroxyl groups is 1. The summed E-state index contributed by atoms with van der Waals surface area (Å²) in [5.41, 5.74) is 5.47. The van der Waals surface area contributed by atoms with Gasteiger partial charge in [0, 0.05) is 0 Å². The Hall–Kier alpha value is -2.20. The quantitative estimate of drug-likeness (QED) is 0.256. The van der Waals surface area contributed by atoms with E-state index in [-0.39, 0.29) is 18.3 Å². The van der Waals surface area contributed by atoms with Crippen LogP contribution in [0.25, 0.3) is 0 Å². The summed E-state index contributed by atoms with van der Waals surface area (Å²) in [6.07, 6.45) is -0.983. The number of carboxylic acids is 1. The fourth-order valence-electron chi connectivity index (χ4n) is 2.42. The lowest BCUT2D eigenvalue weighted by Crippen LogP contribution is -2.60. The van der Waals surface area contributed by atoms with Gasteiger partial charge in [-0.3, -0.25) is 14.4 Å². The maximum atomic E-state index is 12.6. The van der Waals surface area contributed by atoms with E-state index in [2.05, 4.69) is 16.0 Å². The second-order valence-corrected chi connectivity index (χ2v) is 7.77. The molecule has 162 valence electrons. The van der Waals surface area contributed by atoms with Crippen LogP contribution in [0.15, 0.2) is 0 Å². The van der Waals surface area contributed by atoms with E-state index in [1.807, 2.05) is 13.8 Å². The summed E-state index contributed by atoms with van der Waals surface area (Å²) in [4.78, 5) is 48.3. The molecule has 0 aromatic heterocycles. The van der Waals surface area contributed by atoms with Crippen LogP contribution in [0.1, 0.15) is 48.0 Å². The van der Waals surface area contributed by atoms with Crippen LogP contribution in [0.4, 0.5) is 0 Å². The maximum Gasteiger partial charge on any atom is 0.326 e. The molecule has 0 aromatic carbocycles. The molecule has 0 fully saturated rings. The first-order chi connectivity index (χ1) is 12.8. The highest BCUT2D eigenvalue weighted by Crippen LogP contribution is 2.09. The Labute approximate surface area is 165 Å². The van der Waals surface area contributed by atoms with Crippen molar-refractivity contribution in [1.82, 2.24) is 16.0 Å². The van der Waals surface area contributed by atoms with E-state index in [0.717, 1.165) is 0 Å². The van der Waals surface area contributed by atoms with Gasteiger partial charge in [-0.2, -0.15) is 0 Å². The summed E-state index contributed by atoms with van der Waals surface area (Å²) in [6.45, 7) is 9.74. The van der Waals surface area contributed by atoms with Crippen molar-refractivity contribution < 1.29 is 29.4 Å². The fraction of sp³-hybridized carbons (Fsp3) is 0.778. The molecule has 0 bridgehead atoms. The average molecular weight is 402 g/mol. The minimum atomic E-state index is -1.30. The topological polar surface area (TPSA) is 171 Å². The summed E-state index contributed by atoms with van der Waals surface area (Å²) in [5, 5.41) is 26.4. The van der Waals surface area contributed by atoms with Crippen molar-refractivity contribution in [2.24, 2.45) is 17.6 Å². The monoisotopic (exact) mass is 402 g/mol. The van der Waals surface area contributed by atoms with E-state index in [0.29, 0.717) is 0 Å². The van der Waals surface area contributed by atoms with E-state index in [1.54, 1.807) is 13.8 Å². The lowest BCUT2D eigenvalue weighted by molar-refractivity contribution is -0.143. The van der Waals surface area contributed by atoms with Gasteiger partial charge in [-0.15, -0.1) is 0 Å². The molecule has 0 aliphatic rings. The molecule has 0 saturated heterocycles. The summed E-state index contributed by atoms with van der Waals surface area (Å²) >= 11 is 0. The first-order valence-corrected chi connectivity index (χ1v) is 9.35. The van der Waals surface area contributed by atoms with E-state index in [1.165, 1.54) is 13.8 Å². The van der Waals surface area contributed by atoms with Gasteiger partial charge in [0.15, 0.2) is 0 Å². The van der Waals surface area contributed by atoms with E-state index < -0.39 is 54.0 Å². The predicted octanol–water partition coefficient (Wildman–Crippen LogP) is -1.04. The number of nitrogens with one attached hydrogen (secondary N) is 3. The molecule has 0 heterocycles. The Bertz CT molecular complexity index is 562. The molecular formula is C18H34N4O6. The first-order valence-electron chi connectivity index (χ1n) is 9.35. The van der Waals surface area contributed by atoms with Crippen LogP contribution in [0.2, 0.25) is 0 Å². The van der Waals surface area contributed by atoms with Gasteiger partial charge in [0.05, 0.1) is 12.1 Å². The molecule has 10 nitrogen and oxygen atoms in total. The van der Waals surface area contributed by atoms with Gasteiger partial charge in [-0.05, 0) is 32.1 Å². The normalized spacial score (nSPS) is 16.6. The van der Waals surface area contributed by atoms with Gasteiger partial charge in [0.25, 0.3) is 0 Å². The molecule has 0 aliphatic carbocycles. The maximum absolute atomic E-state index is 12.6. The standard InChI is InChI=1S/C18H34N4O6/c1-8(2)7-12(16(25)21-13(9(3)4)18(27)28)20-17(26)14(11(6)23)22-15(24)10(5)19/h8-14,23H,7,19H2,1-6H3,(H,20,26)(H,21,25)(H,22,24)(H,27,28). The lowest BCUT2D eigenvalue weighted by Gasteiger charge is -2.27. The largest absolute Gasteiger partial charge is 0.480 e. The van der Waals surface area contributed by atoms with Crippen molar-refractivity contribution in [3.8, 4) is 0 Å². The Morgan fingerprint density at radius 3 is 1.68 bits per heavy atom. The molecule has 0 saturated carbocycles. The minimum absolute atomic E-state index is 0.0158. The van der Waals surface area contributed by atoms with Crippen molar-refractivity contribution in [3.63, 3.8) is 0 Å². The molecule has 0 aliphatic heterocycles. The highest BCUT2D eigenvalue weighted by atomic mass is 16.4. The number of nitrogens with two attached hydrogens (primary N) is 1. The number of aliphatic carboxylic acids is 1. The van der Waals surface area contributed by atoms with E-state index in [4.69, 9.17) is 5.73 Å². The molecule has 5 unspecified atom stereocenters. The third kappa shape index (κ3) is 8.66. The number of hydrogen-bond donors (Lipinski definition) is 6. The van der Waals surface area contributed by atoms with Crippen molar-refractivity contribution in [2.75, 3.05) is 0 Å². The van der Waals surface area contributed by atoms with Gasteiger partial charge < -0.3 is 31.9 Å². The molecule has 5 atom stereocenters. The molecule has 0 aromatic rings. The van der Waals surface area contributed by atoms with Gasteiger partial charge in [0.1, 0.15) is 18.1 Å². The molecule has 0 rings (SSSR count). The summed E-state index contributed by atoms with van der Waals surface area (Å²) < 4.78 is 0. The van der Waals surface area contributed by atoms with E-state index in [9.17, 15) is 29.4 Å². The highest BCUT2D eigenvalue weighted by Gasteiger charge is 2.32. The zero-order valence-electron chi connectivity index (χ0n) is 17.4. The Morgan fingerprint density at radius 2 is 1.32 bits per heavy atom. The van der Waals surface area contributed by atoms with Gasteiger partial charge in [-0.25, -0.2) is 4.79 Å². The van der Waals surface area contributed by atoms with Gasteiger partial charge >= 0.3 is 5.97 Å². The van der Waals surface area contributed by atoms with Crippen LogP contribution in [-0.4, -0.2) is 64.2 Å². The van der Waals surface area contributed by atoms with Gasteiger partial charge in [0.2, 0.25) is 17.7 Å². The summed E-state index contributed by atoms with van der Waals surface area (Å²) in [7, 11) is 0. The van der Waals surface area contributed by atoms with Crippen LogP contribution in [0.3, 0.4) is 0 Å². The number of carboxylic acid groups (broad SMARTS) is 1. The Kier molecular flexibility index (Phi) is 10.7. The van der Waals surface area contributed by atoms with Crippen LogP contribution < -0.4 is 21.7 Å². The third-order valence-corrected chi connectivity index (χ3v) is 4.05. The third-order valence-electron chi connectivity index (χ3n) is 4.05. The molecule has 3 amide bonds. The van der Waals surface area contributed by atoms with Crippen molar-refractivity contribution in [2.45, 2.75) is 78.2 Å². The second-order valence-electron chi connectivity index (χ2n) is 7.77. The molecule has 10 heteroatoms. The SMILES string of the molecule is CC(C)CC(NC(=O)C(NC(=O)C(C)N)C(C)O)C(=O)NC(C(=O)O)C(C)C. The number of rotatable bonds is 11. The average Bonchev–Trinajstić information content (AvgIpc) is 2.54. The minimum Gasteiger partial charge on any atom is -0.480 e. The molecular weight excluding hydrogens is 368 g/mol. The second kappa shape index (κ2) is 11.6. The van der Waals surface area contributed by atoms with Crippen LogP contribution in [0.5, 0.6) is 0 Å². The smallest absolute Gasteiger partial charge is 0.326 e. The first kappa shape index (κ1) is 25.8.